The number of hydrogen-bond donors (Lipinski definition) is 1. The number of amides is 1. The molecule has 0 bridgehead atoms. The Hall–Kier alpha value is -3.22. The highest BCUT2D eigenvalue weighted by Crippen LogP contribution is 2.38. The van der Waals surface area contributed by atoms with E-state index in [1.807, 2.05) is 0 Å². The molecular weight excluding hydrogens is 344 g/mol. The van der Waals surface area contributed by atoms with Crippen LogP contribution in [0.2, 0.25) is 0 Å². The zero-order valence-corrected chi connectivity index (χ0v) is 14.0. The van der Waals surface area contributed by atoms with Crippen molar-refractivity contribution in [3.8, 4) is 5.75 Å². The van der Waals surface area contributed by atoms with Gasteiger partial charge in [-0.25, -0.2) is 8.78 Å². The zero-order chi connectivity index (χ0) is 19.0. The maximum Gasteiger partial charge on any atom is 0.295 e. The number of likely N-dealkylation sites (tertiary alicyclic amines) is 1. The van der Waals surface area contributed by atoms with E-state index in [9.17, 15) is 23.5 Å². The van der Waals surface area contributed by atoms with Crippen LogP contribution in [0, 0.1) is 11.6 Å². The van der Waals surface area contributed by atoms with Crippen LogP contribution in [0.5, 0.6) is 5.75 Å². The summed E-state index contributed by atoms with van der Waals surface area (Å²) in [6.45, 7) is 0. The number of aliphatic hydroxyl groups excluding tert-OH is 1. The second-order valence-electron chi connectivity index (χ2n) is 5.81. The van der Waals surface area contributed by atoms with Gasteiger partial charge in [-0.05, 0) is 35.9 Å². The number of likely N-dealkylation sites (N-methyl/N-ethyl adjacent to an activating group) is 1. The molecule has 1 amide bonds. The lowest BCUT2D eigenvalue weighted by Gasteiger charge is -2.21. The molecular formula is C19H15F2NO4. The molecule has 2 aromatic carbocycles. The number of rotatable bonds is 3. The van der Waals surface area contributed by atoms with Crippen molar-refractivity contribution in [1.29, 1.82) is 0 Å². The van der Waals surface area contributed by atoms with Gasteiger partial charge in [0.15, 0.2) is 11.6 Å². The van der Waals surface area contributed by atoms with Crippen molar-refractivity contribution in [2.75, 3.05) is 14.2 Å². The molecule has 0 saturated carbocycles. The number of carbonyl (C=O) groups is 2. The fraction of sp³-hybridized carbons (Fsp3) is 0.158. The molecule has 1 atom stereocenters. The Bertz CT molecular complexity index is 939. The maximum atomic E-state index is 14.0. The van der Waals surface area contributed by atoms with Crippen LogP contribution in [0.25, 0.3) is 5.76 Å². The van der Waals surface area contributed by atoms with E-state index < -0.39 is 35.1 Å². The normalized spacial score (nSPS) is 19.1. The number of nitrogens with zero attached hydrogens (tertiary/aromatic N) is 1. The molecule has 0 aliphatic carbocycles. The van der Waals surface area contributed by atoms with Crippen LogP contribution in [0.1, 0.15) is 17.2 Å². The standard InChI is InChI=1S/C19H15F2NO4/c1-22-16(10-4-3-5-12(20)8-10)15(18(24)19(22)25)17(23)11-6-7-14(26-2)13(21)9-11/h3-9,16,23H,1-2H3/b17-15+. The molecule has 1 aliphatic heterocycles. The number of Topliss-reactive ketones (excluding diaryl/α,β-unsaturated/α-hetero) is 1. The van der Waals surface area contributed by atoms with Crippen molar-refractivity contribution in [3.63, 3.8) is 0 Å². The zero-order valence-electron chi connectivity index (χ0n) is 14.0. The summed E-state index contributed by atoms with van der Waals surface area (Å²) >= 11 is 0. The molecule has 1 fully saturated rings. The molecule has 0 spiro atoms. The summed E-state index contributed by atoms with van der Waals surface area (Å²) in [5, 5.41) is 10.6. The van der Waals surface area contributed by atoms with Gasteiger partial charge in [0.2, 0.25) is 0 Å². The fourth-order valence-corrected chi connectivity index (χ4v) is 2.98. The van der Waals surface area contributed by atoms with Gasteiger partial charge in [0, 0.05) is 12.6 Å². The summed E-state index contributed by atoms with van der Waals surface area (Å²) in [4.78, 5) is 25.6. The lowest BCUT2D eigenvalue weighted by molar-refractivity contribution is -0.139. The molecule has 1 saturated heterocycles. The highest BCUT2D eigenvalue weighted by atomic mass is 19.1. The van der Waals surface area contributed by atoms with E-state index in [0.29, 0.717) is 5.56 Å². The van der Waals surface area contributed by atoms with Crippen molar-refractivity contribution < 1.29 is 28.2 Å². The molecule has 2 aromatic rings. The summed E-state index contributed by atoms with van der Waals surface area (Å²) in [7, 11) is 2.68. The third kappa shape index (κ3) is 2.81. The molecule has 1 N–H and O–H groups in total. The summed E-state index contributed by atoms with van der Waals surface area (Å²) in [6, 6.07) is 8.06. The van der Waals surface area contributed by atoms with Gasteiger partial charge < -0.3 is 14.7 Å². The molecule has 7 heteroatoms. The molecule has 1 aliphatic rings. The first-order chi connectivity index (χ1) is 12.3. The van der Waals surface area contributed by atoms with Crippen LogP contribution in [0.4, 0.5) is 8.78 Å². The van der Waals surface area contributed by atoms with Crippen LogP contribution in [-0.4, -0.2) is 35.9 Å². The van der Waals surface area contributed by atoms with Crippen molar-refractivity contribution >= 4 is 17.4 Å². The van der Waals surface area contributed by atoms with Crippen LogP contribution < -0.4 is 4.74 Å². The highest BCUT2D eigenvalue weighted by molar-refractivity contribution is 6.46. The first-order valence-electron chi connectivity index (χ1n) is 7.69. The first-order valence-corrected chi connectivity index (χ1v) is 7.69. The SMILES string of the molecule is COc1ccc(/C(O)=C2\C(=O)C(=O)N(C)C2c2cccc(F)c2)cc1F. The Morgan fingerprint density at radius 1 is 1.15 bits per heavy atom. The number of methoxy groups -OCH3 is 1. The minimum absolute atomic E-state index is 0.0103. The van der Waals surface area contributed by atoms with Crippen LogP contribution in [0.15, 0.2) is 48.0 Å². The number of benzene rings is 2. The van der Waals surface area contributed by atoms with E-state index in [0.717, 1.165) is 11.0 Å². The van der Waals surface area contributed by atoms with Crippen molar-refractivity contribution in [3.05, 3.63) is 70.8 Å². The van der Waals surface area contributed by atoms with Gasteiger partial charge in [0.05, 0.1) is 18.7 Å². The van der Waals surface area contributed by atoms with E-state index in [2.05, 4.69) is 0 Å². The number of carbonyl (C=O) groups excluding carboxylic acids is 2. The molecule has 1 heterocycles. The first kappa shape index (κ1) is 17.6. The van der Waals surface area contributed by atoms with Gasteiger partial charge >= 0.3 is 0 Å². The summed E-state index contributed by atoms with van der Waals surface area (Å²) in [5.41, 5.74) is 0.103. The molecule has 0 radical (unpaired) electrons. The predicted molar refractivity (Wildman–Crippen MR) is 89.4 cm³/mol. The molecule has 134 valence electrons. The lowest BCUT2D eigenvalue weighted by Crippen LogP contribution is -2.24. The van der Waals surface area contributed by atoms with Crippen molar-refractivity contribution in [2.45, 2.75) is 6.04 Å². The van der Waals surface area contributed by atoms with E-state index in [1.54, 1.807) is 0 Å². The van der Waals surface area contributed by atoms with Gasteiger partial charge in [-0.15, -0.1) is 0 Å². The predicted octanol–water partition coefficient (Wildman–Crippen LogP) is 3.02. The molecule has 26 heavy (non-hydrogen) atoms. The van der Waals surface area contributed by atoms with E-state index in [-0.39, 0.29) is 16.9 Å². The van der Waals surface area contributed by atoms with Gasteiger partial charge in [-0.3, -0.25) is 9.59 Å². The average Bonchev–Trinajstić information content (AvgIpc) is 2.85. The Labute approximate surface area is 148 Å². The summed E-state index contributed by atoms with van der Waals surface area (Å²) in [6.07, 6.45) is 0. The molecule has 3 rings (SSSR count). The maximum absolute atomic E-state index is 14.0. The van der Waals surface area contributed by atoms with E-state index >= 15 is 0 Å². The Morgan fingerprint density at radius 2 is 1.88 bits per heavy atom. The van der Waals surface area contributed by atoms with Crippen molar-refractivity contribution in [2.24, 2.45) is 0 Å². The Balaban J connectivity index is 2.18. The number of ketones is 1. The smallest absolute Gasteiger partial charge is 0.295 e. The van der Waals surface area contributed by atoms with Gasteiger partial charge in [0.25, 0.3) is 11.7 Å². The van der Waals surface area contributed by atoms with Crippen LogP contribution in [-0.2, 0) is 9.59 Å². The summed E-state index contributed by atoms with van der Waals surface area (Å²) < 4.78 is 32.4. The minimum Gasteiger partial charge on any atom is -0.507 e. The molecule has 0 aromatic heterocycles. The van der Waals surface area contributed by atoms with Gasteiger partial charge in [0.1, 0.15) is 11.6 Å². The quantitative estimate of drug-likeness (QED) is 0.520. The van der Waals surface area contributed by atoms with Gasteiger partial charge in [-0.2, -0.15) is 0 Å². The van der Waals surface area contributed by atoms with Gasteiger partial charge in [-0.1, -0.05) is 12.1 Å². The topological polar surface area (TPSA) is 66.8 Å². The monoisotopic (exact) mass is 359 g/mol. The molecule has 5 nitrogen and oxygen atoms in total. The van der Waals surface area contributed by atoms with E-state index in [4.69, 9.17) is 4.74 Å². The number of ether oxygens (including phenoxy) is 1. The average molecular weight is 359 g/mol. The number of halogens is 2. The highest BCUT2D eigenvalue weighted by Gasteiger charge is 2.44. The Kier molecular flexibility index (Phi) is 4.46. The van der Waals surface area contributed by atoms with Crippen LogP contribution >= 0.6 is 0 Å². The number of hydrogen-bond acceptors (Lipinski definition) is 4. The summed E-state index contributed by atoms with van der Waals surface area (Å²) in [5.74, 6) is -3.60. The van der Waals surface area contributed by atoms with Crippen molar-refractivity contribution in [1.82, 2.24) is 4.90 Å². The third-order valence-corrected chi connectivity index (χ3v) is 4.26. The fourth-order valence-electron chi connectivity index (χ4n) is 2.98. The minimum atomic E-state index is -0.976. The lowest BCUT2D eigenvalue weighted by atomic mass is 9.95. The Morgan fingerprint density at radius 3 is 2.50 bits per heavy atom. The largest absolute Gasteiger partial charge is 0.507 e. The van der Waals surface area contributed by atoms with E-state index in [1.165, 1.54) is 50.6 Å². The van der Waals surface area contributed by atoms with Crippen LogP contribution in [0.3, 0.4) is 0 Å². The third-order valence-electron chi connectivity index (χ3n) is 4.26. The molecule has 1 unspecified atom stereocenters. The number of aliphatic hydroxyl groups is 1. The second kappa shape index (κ2) is 6.59. The second-order valence-corrected chi connectivity index (χ2v) is 5.81.